The zero-order valence-corrected chi connectivity index (χ0v) is 11.3. The summed E-state index contributed by atoms with van der Waals surface area (Å²) in [6.45, 7) is 0.251. The molecule has 0 aliphatic carbocycles. The number of nitrogens with one attached hydrogen (secondary N) is 1. The number of ether oxygens (including phenoxy) is 1. The molecule has 1 aliphatic rings. The highest BCUT2D eigenvalue weighted by molar-refractivity contribution is 6.28. The van der Waals surface area contributed by atoms with Crippen LogP contribution in [-0.4, -0.2) is 18.2 Å². The monoisotopic (exact) mass is 278 g/mol. The maximum Gasteiger partial charge on any atom is 0.273 e. The Hall–Kier alpha value is -2.88. The number of nitrogens with zero attached hydrogens (tertiary/aromatic N) is 1. The molecule has 3 rings (SSSR count). The Morgan fingerprint density at radius 1 is 1.00 bits per heavy atom. The first-order chi connectivity index (χ1) is 10.3. The summed E-state index contributed by atoms with van der Waals surface area (Å²) in [5.74, 6) is 0.545. The standard InChI is InChI=1S/C17H14N2O2/c20-17-15(11-13-7-3-1-4-8-13)16(18-19-17)12-21-14-9-5-2-6-10-14/h1-11H,12H2,(H,19,20)/b15-11+. The predicted octanol–water partition coefficient (Wildman–Crippen LogP) is 2.63. The van der Waals surface area contributed by atoms with Crippen molar-refractivity contribution in [3.8, 4) is 5.75 Å². The minimum Gasteiger partial charge on any atom is -0.487 e. The molecule has 1 N–H and O–H groups in total. The van der Waals surface area contributed by atoms with Crippen molar-refractivity contribution in [3.63, 3.8) is 0 Å². The van der Waals surface area contributed by atoms with Gasteiger partial charge in [-0.25, -0.2) is 5.43 Å². The Kier molecular flexibility index (Phi) is 3.78. The van der Waals surface area contributed by atoms with Crippen molar-refractivity contribution in [2.75, 3.05) is 6.61 Å². The highest BCUT2D eigenvalue weighted by Gasteiger charge is 2.22. The summed E-state index contributed by atoms with van der Waals surface area (Å²) in [6.07, 6.45) is 1.82. The minimum absolute atomic E-state index is 0.203. The van der Waals surface area contributed by atoms with Gasteiger partial charge in [0.15, 0.2) is 0 Å². The smallest absolute Gasteiger partial charge is 0.273 e. The van der Waals surface area contributed by atoms with E-state index >= 15 is 0 Å². The number of rotatable bonds is 4. The third-order valence-corrected chi connectivity index (χ3v) is 3.08. The number of carbonyl (C=O) groups is 1. The molecule has 0 spiro atoms. The lowest BCUT2D eigenvalue weighted by Crippen LogP contribution is -2.16. The first-order valence-electron chi connectivity index (χ1n) is 6.65. The van der Waals surface area contributed by atoms with Crippen LogP contribution in [0.2, 0.25) is 0 Å². The van der Waals surface area contributed by atoms with Crippen LogP contribution in [0.5, 0.6) is 5.75 Å². The molecule has 0 atom stereocenters. The fourth-order valence-corrected chi connectivity index (χ4v) is 2.01. The summed E-state index contributed by atoms with van der Waals surface area (Å²) in [4.78, 5) is 11.9. The molecule has 1 heterocycles. The topological polar surface area (TPSA) is 50.7 Å². The van der Waals surface area contributed by atoms with Crippen LogP contribution < -0.4 is 10.2 Å². The van der Waals surface area contributed by atoms with Gasteiger partial charge in [-0.05, 0) is 23.8 Å². The molecular formula is C17H14N2O2. The second-order valence-corrected chi connectivity index (χ2v) is 4.57. The van der Waals surface area contributed by atoms with Crippen molar-refractivity contribution in [2.24, 2.45) is 5.10 Å². The Bertz CT molecular complexity index is 691. The van der Waals surface area contributed by atoms with Gasteiger partial charge in [0, 0.05) is 0 Å². The fourth-order valence-electron chi connectivity index (χ4n) is 2.01. The molecule has 4 nitrogen and oxygen atoms in total. The summed E-state index contributed by atoms with van der Waals surface area (Å²) in [5.41, 5.74) is 4.58. The van der Waals surface area contributed by atoms with E-state index in [1.807, 2.05) is 66.7 Å². The highest BCUT2D eigenvalue weighted by Crippen LogP contribution is 2.14. The molecule has 2 aromatic rings. The van der Waals surface area contributed by atoms with E-state index in [1.54, 1.807) is 0 Å². The molecule has 21 heavy (non-hydrogen) atoms. The molecule has 2 aromatic carbocycles. The van der Waals surface area contributed by atoms with Crippen LogP contribution in [0.1, 0.15) is 5.56 Å². The third-order valence-electron chi connectivity index (χ3n) is 3.08. The summed E-state index contributed by atoms with van der Waals surface area (Å²) < 4.78 is 5.64. The van der Waals surface area contributed by atoms with Crippen LogP contribution >= 0.6 is 0 Å². The highest BCUT2D eigenvalue weighted by atomic mass is 16.5. The van der Waals surface area contributed by atoms with E-state index in [2.05, 4.69) is 10.5 Å². The lowest BCUT2D eigenvalue weighted by molar-refractivity contribution is -0.116. The average molecular weight is 278 g/mol. The normalized spacial score (nSPS) is 15.7. The molecule has 0 saturated carbocycles. The Balaban J connectivity index is 1.75. The minimum atomic E-state index is -0.203. The van der Waals surface area contributed by atoms with E-state index in [0.29, 0.717) is 11.3 Å². The quantitative estimate of drug-likeness (QED) is 0.874. The second-order valence-electron chi connectivity index (χ2n) is 4.57. The SMILES string of the molecule is O=C1NN=C(COc2ccccc2)/C1=C\c1ccccc1. The second kappa shape index (κ2) is 6.05. The molecule has 104 valence electrons. The lowest BCUT2D eigenvalue weighted by Gasteiger charge is -2.05. The van der Waals surface area contributed by atoms with Crippen molar-refractivity contribution in [1.29, 1.82) is 0 Å². The molecule has 0 saturated heterocycles. The van der Waals surface area contributed by atoms with Gasteiger partial charge in [0.05, 0.1) is 5.57 Å². The number of para-hydroxylation sites is 1. The molecule has 0 radical (unpaired) electrons. The van der Waals surface area contributed by atoms with Gasteiger partial charge in [0.1, 0.15) is 18.1 Å². The maximum absolute atomic E-state index is 11.9. The number of amides is 1. The van der Waals surface area contributed by atoms with E-state index < -0.39 is 0 Å². The number of hydrazone groups is 1. The van der Waals surface area contributed by atoms with E-state index in [9.17, 15) is 4.79 Å². The summed E-state index contributed by atoms with van der Waals surface area (Å²) in [6, 6.07) is 19.1. The van der Waals surface area contributed by atoms with Crippen molar-refractivity contribution in [2.45, 2.75) is 0 Å². The first kappa shape index (κ1) is 13.1. The Morgan fingerprint density at radius 2 is 1.67 bits per heavy atom. The van der Waals surface area contributed by atoms with Crippen molar-refractivity contribution >= 4 is 17.7 Å². The van der Waals surface area contributed by atoms with Gasteiger partial charge in [0.2, 0.25) is 0 Å². The van der Waals surface area contributed by atoms with Crippen LogP contribution in [0, 0.1) is 0 Å². The summed E-state index contributed by atoms with van der Waals surface area (Å²) >= 11 is 0. The molecule has 1 amide bonds. The van der Waals surface area contributed by atoms with E-state index in [1.165, 1.54) is 0 Å². The molecule has 0 unspecified atom stereocenters. The van der Waals surface area contributed by atoms with Crippen LogP contribution in [0.4, 0.5) is 0 Å². The molecular weight excluding hydrogens is 264 g/mol. The zero-order valence-electron chi connectivity index (χ0n) is 11.3. The summed E-state index contributed by atoms with van der Waals surface area (Å²) in [5, 5.41) is 4.03. The number of hydrogen-bond donors (Lipinski definition) is 1. The Labute approximate surface area is 122 Å². The molecule has 0 aromatic heterocycles. The van der Waals surface area contributed by atoms with Gasteiger partial charge in [0.25, 0.3) is 5.91 Å². The van der Waals surface area contributed by atoms with Gasteiger partial charge in [-0.15, -0.1) is 0 Å². The van der Waals surface area contributed by atoms with Crippen molar-refractivity contribution < 1.29 is 9.53 Å². The number of benzene rings is 2. The molecule has 4 heteroatoms. The lowest BCUT2D eigenvalue weighted by atomic mass is 10.1. The maximum atomic E-state index is 11.9. The predicted molar refractivity (Wildman–Crippen MR) is 81.9 cm³/mol. The molecule has 0 fully saturated rings. The number of carbonyl (C=O) groups excluding carboxylic acids is 1. The van der Waals surface area contributed by atoms with Crippen LogP contribution in [0.3, 0.4) is 0 Å². The van der Waals surface area contributed by atoms with E-state index in [0.717, 1.165) is 11.3 Å². The van der Waals surface area contributed by atoms with E-state index in [4.69, 9.17) is 4.74 Å². The van der Waals surface area contributed by atoms with Gasteiger partial charge in [-0.1, -0.05) is 48.5 Å². The van der Waals surface area contributed by atoms with Crippen LogP contribution in [0.15, 0.2) is 71.3 Å². The van der Waals surface area contributed by atoms with E-state index in [-0.39, 0.29) is 12.5 Å². The van der Waals surface area contributed by atoms with Gasteiger partial charge in [-0.3, -0.25) is 4.79 Å². The number of hydrogen-bond acceptors (Lipinski definition) is 3. The zero-order chi connectivity index (χ0) is 14.5. The third kappa shape index (κ3) is 3.17. The van der Waals surface area contributed by atoms with Gasteiger partial charge < -0.3 is 4.74 Å². The van der Waals surface area contributed by atoms with Crippen molar-refractivity contribution in [3.05, 3.63) is 71.8 Å². The Morgan fingerprint density at radius 3 is 2.38 bits per heavy atom. The van der Waals surface area contributed by atoms with Gasteiger partial charge >= 0.3 is 0 Å². The van der Waals surface area contributed by atoms with Crippen molar-refractivity contribution in [1.82, 2.24) is 5.43 Å². The summed E-state index contributed by atoms with van der Waals surface area (Å²) in [7, 11) is 0. The fraction of sp³-hybridized carbons (Fsp3) is 0.0588. The largest absolute Gasteiger partial charge is 0.487 e. The molecule has 0 bridgehead atoms. The average Bonchev–Trinajstić information content (AvgIpc) is 2.88. The van der Waals surface area contributed by atoms with Crippen LogP contribution in [-0.2, 0) is 4.79 Å². The van der Waals surface area contributed by atoms with Gasteiger partial charge in [-0.2, -0.15) is 5.10 Å². The van der Waals surface area contributed by atoms with Crippen LogP contribution in [0.25, 0.3) is 6.08 Å². The molecule has 1 aliphatic heterocycles. The first-order valence-corrected chi connectivity index (χ1v) is 6.65.